The molecule has 4 aromatic heterocycles. The van der Waals surface area contributed by atoms with Crippen LogP contribution in [0.4, 0.5) is 9.59 Å². The molecule has 1 aromatic carbocycles. The Morgan fingerprint density at radius 2 is 1.48 bits per heavy atom. The second-order valence-corrected chi connectivity index (χ2v) is 16.0. The van der Waals surface area contributed by atoms with E-state index in [9.17, 15) is 19.2 Å². The molecule has 0 bridgehead atoms. The van der Waals surface area contributed by atoms with Crippen LogP contribution in [0.3, 0.4) is 0 Å². The average Bonchev–Trinajstić information content (AvgIpc) is 3.99. The van der Waals surface area contributed by atoms with Crippen LogP contribution in [0.2, 0.25) is 0 Å². The van der Waals surface area contributed by atoms with E-state index in [0.717, 1.165) is 61.1 Å². The number of nitrogens with zero attached hydrogens (tertiary/aromatic N) is 6. The van der Waals surface area contributed by atoms with Gasteiger partial charge >= 0.3 is 12.2 Å². The lowest BCUT2D eigenvalue weighted by Gasteiger charge is -2.29. The van der Waals surface area contributed by atoms with Crippen molar-refractivity contribution in [1.29, 1.82) is 0 Å². The number of methoxy groups -OCH3 is 2. The van der Waals surface area contributed by atoms with Gasteiger partial charge in [0, 0.05) is 13.1 Å². The molecule has 0 aliphatic carbocycles. The first-order valence-electron chi connectivity index (χ1n) is 18.0. The number of benzene rings is 1. The highest BCUT2D eigenvalue weighted by atomic mass is 32.1. The monoisotopic (exact) mass is 778 g/mol. The Morgan fingerprint density at radius 1 is 0.889 bits per heavy atom. The summed E-state index contributed by atoms with van der Waals surface area (Å²) in [6.07, 6.45) is 4.52. The third-order valence-corrected chi connectivity index (χ3v) is 11.5. The fourth-order valence-electron chi connectivity index (χ4n) is 6.55. The first-order valence-corrected chi connectivity index (χ1v) is 19.6. The molecule has 0 spiro atoms. The third-order valence-electron chi connectivity index (χ3n) is 9.36. The zero-order chi connectivity index (χ0) is 38.7. The lowest BCUT2D eigenvalue weighted by atomic mass is 10.0. The lowest BCUT2D eigenvalue weighted by molar-refractivity contribution is -0.136. The smallest absolute Gasteiger partial charge is 0.407 e. The molecule has 3 atom stereocenters. The van der Waals surface area contributed by atoms with Gasteiger partial charge in [-0.2, -0.15) is 0 Å². The maximum Gasteiger partial charge on any atom is 0.407 e. The number of fused-ring (bicyclic) bond motifs is 2. The van der Waals surface area contributed by atoms with Crippen LogP contribution in [-0.4, -0.2) is 103 Å². The van der Waals surface area contributed by atoms with E-state index in [1.165, 1.54) is 25.6 Å². The molecule has 18 heteroatoms. The van der Waals surface area contributed by atoms with Crippen LogP contribution in [0.1, 0.15) is 71.6 Å². The molecule has 1 aliphatic rings. The van der Waals surface area contributed by atoms with Crippen LogP contribution >= 0.6 is 22.7 Å². The van der Waals surface area contributed by atoms with Crippen LogP contribution in [-0.2, 0) is 25.6 Å². The quantitative estimate of drug-likeness (QED) is 0.112. The van der Waals surface area contributed by atoms with Crippen molar-refractivity contribution in [2.45, 2.75) is 78.6 Å². The van der Waals surface area contributed by atoms with Gasteiger partial charge in [0.05, 0.1) is 71.0 Å². The maximum absolute atomic E-state index is 13.6. The van der Waals surface area contributed by atoms with E-state index in [1.54, 1.807) is 33.5 Å². The third kappa shape index (κ3) is 8.18. The van der Waals surface area contributed by atoms with Crippen LogP contribution in [0.25, 0.3) is 41.8 Å². The Balaban J connectivity index is 1.17. The number of likely N-dealkylation sites (tertiary alicyclic amines) is 1. The van der Waals surface area contributed by atoms with Gasteiger partial charge in [-0.1, -0.05) is 34.6 Å². The molecule has 4 N–H and O–H groups in total. The Hall–Kier alpha value is -5.10. The highest BCUT2D eigenvalue weighted by Gasteiger charge is 2.37. The highest BCUT2D eigenvalue weighted by Crippen LogP contribution is 2.38. The molecule has 0 saturated carbocycles. The zero-order valence-corrected chi connectivity index (χ0v) is 33.0. The molecular weight excluding hydrogens is 733 g/mol. The second kappa shape index (κ2) is 16.5. The fraction of sp³-hybridized carbons (Fsp3) is 0.500. The number of imidazole rings is 2. The van der Waals surface area contributed by atoms with Gasteiger partial charge in [-0.3, -0.25) is 9.59 Å². The van der Waals surface area contributed by atoms with Crippen LogP contribution in [0.15, 0.2) is 24.5 Å². The molecule has 1 aliphatic heterocycles. The summed E-state index contributed by atoms with van der Waals surface area (Å²) in [6.45, 7) is 10.9. The van der Waals surface area contributed by atoms with Crippen LogP contribution in [0, 0.1) is 11.8 Å². The summed E-state index contributed by atoms with van der Waals surface area (Å²) in [5.74, 6) is 0.680. The van der Waals surface area contributed by atoms with Gasteiger partial charge < -0.3 is 39.9 Å². The fourth-order valence-corrected chi connectivity index (χ4v) is 8.53. The summed E-state index contributed by atoms with van der Waals surface area (Å²) in [5.41, 5.74) is 3.11. The number of nitrogens with one attached hydrogen (secondary N) is 4. The number of carbonyl (C=O) groups excluding carboxylic acids is 4. The van der Waals surface area contributed by atoms with E-state index in [1.807, 2.05) is 40.7 Å². The van der Waals surface area contributed by atoms with E-state index in [0.29, 0.717) is 24.7 Å². The van der Waals surface area contributed by atoms with Crippen molar-refractivity contribution in [1.82, 2.24) is 50.3 Å². The number of rotatable bonds is 13. The summed E-state index contributed by atoms with van der Waals surface area (Å²) >= 11 is 3.07. The number of aromatic nitrogens is 6. The number of amides is 4. The summed E-state index contributed by atoms with van der Waals surface area (Å²) in [7, 11) is 2.56. The largest absolute Gasteiger partial charge is 0.453 e. The van der Waals surface area contributed by atoms with E-state index < -0.39 is 24.3 Å². The number of alkyl carbamates (subject to hydrolysis) is 2. The minimum absolute atomic E-state index is 0.120. The van der Waals surface area contributed by atoms with Gasteiger partial charge in [0.25, 0.3) is 0 Å². The Morgan fingerprint density at radius 3 is 2.07 bits per heavy atom. The van der Waals surface area contributed by atoms with Gasteiger partial charge in [0.1, 0.15) is 33.7 Å². The van der Waals surface area contributed by atoms with Crippen molar-refractivity contribution in [2.24, 2.45) is 11.8 Å². The number of ether oxygens (including phenoxy) is 2. The van der Waals surface area contributed by atoms with Crippen molar-refractivity contribution in [3.63, 3.8) is 0 Å². The minimum Gasteiger partial charge on any atom is -0.453 e. The van der Waals surface area contributed by atoms with E-state index in [-0.39, 0.29) is 36.2 Å². The number of hydrogen-bond donors (Lipinski definition) is 4. The van der Waals surface area contributed by atoms with Gasteiger partial charge in [-0.05, 0) is 43.2 Å². The van der Waals surface area contributed by atoms with Crippen molar-refractivity contribution in [3.8, 4) is 21.4 Å². The average molecular weight is 779 g/mol. The van der Waals surface area contributed by atoms with Gasteiger partial charge in [0.15, 0.2) is 0 Å². The highest BCUT2D eigenvalue weighted by molar-refractivity contribution is 7.23. The maximum atomic E-state index is 13.6. The molecule has 5 aromatic rings. The van der Waals surface area contributed by atoms with Gasteiger partial charge in [0.2, 0.25) is 11.8 Å². The van der Waals surface area contributed by atoms with Gasteiger partial charge in [-0.25, -0.2) is 29.5 Å². The van der Waals surface area contributed by atoms with Gasteiger partial charge in [-0.15, -0.1) is 22.7 Å². The van der Waals surface area contributed by atoms with E-state index in [2.05, 4.69) is 36.6 Å². The molecule has 4 amide bonds. The Bertz CT molecular complexity index is 2090. The predicted octanol–water partition coefficient (Wildman–Crippen LogP) is 5.85. The first kappa shape index (κ1) is 38.6. The summed E-state index contributed by atoms with van der Waals surface area (Å²) < 4.78 is 11.5. The number of carbonyl (C=O) groups is 4. The first-order chi connectivity index (χ1) is 25.9. The number of H-pyrrole nitrogens is 2. The number of thiazole rings is 2. The summed E-state index contributed by atoms with van der Waals surface area (Å²) in [4.78, 5) is 80.1. The standard InChI is InChI=1S/C36H46N10O6S2/c1-8-11-45(33(47)28(18(2)3)43-35(49)51-6)17-27-37-15-22(39-27)31-41-20-13-21-26(14-25(20)53-31)54-32(42-21)23-16-38-30(40-23)24-10-9-12-46(24)34(48)29(19(4)5)44-36(50)52-7/h13-16,18-19,24,28-29H,8-12,17H2,1-7H3,(H,37,39)(H,38,40)(H,43,49)(H,44,50). The SMILES string of the molecule is CCCN(Cc1ncc(-c2nc3cc4nc(-c5cnc(C6CCCN6C(=O)C(NC(=O)OC)C(C)C)[nH]5)sc4cc3s2)[nH]1)C(=O)C(NC(=O)OC)C(C)C. The molecule has 5 heterocycles. The van der Waals surface area contributed by atoms with Crippen molar-refractivity contribution in [3.05, 3.63) is 36.2 Å². The zero-order valence-electron chi connectivity index (χ0n) is 31.4. The molecule has 16 nitrogen and oxygen atoms in total. The predicted molar refractivity (Wildman–Crippen MR) is 206 cm³/mol. The Labute approximate surface area is 320 Å². The molecule has 288 valence electrons. The number of hydrogen-bond acceptors (Lipinski definition) is 12. The summed E-state index contributed by atoms with van der Waals surface area (Å²) in [5, 5.41) is 6.88. The molecule has 1 fully saturated rings. The molecule has 3 unspecified atom stereocenters. The van der Waals surface area contributed by atoms with Crippen LogP contribution in [0.5, 0.6) is 0 Å². The van der Waals surface area contributed by atoms with Crippen molar-refractivity contribution in [2.75, 3.05) is 27.3 Å². The molecular formula is C36H46N10O6S2. The van der Waals surface area contributed by atoms with Crippen LogP contribution < -0.4 is 10.6 Å². The summed E-state index contributed by atoms with van der Waals surface area (Å²) in [6, 6.07) is 2.38. The topological polar surface area (TPSA) is 200 Å². The van der Waals surface area contributed by atoms with E-state index >= 15 is 0 Å². The van der Waals surface area contributed by atoms with Crippen molar-refractivity contribution >= 4 is 67.1 Å². The van der Waals surface area contributed by atoms with E-state index in [4.69, 9.17) is 19.4 Å². The second-order valence-electron chi connectivity index (χ2n) is 13.9. The normalized spacial score (nSPS) is 15.6. The van der Waals surface area contributed by atoms with Crippen molar-refractivity contribution < 1.29 is 28.7 Å². The minimum atomic E-state index is -0.727. The molecule has 6 rings (SSSR count). The number of aromatic amines is 2. The molecule has 0 radical (unpaired) electrons. The Kier molecular flexibility index (Phi) is 11.8. The molecule has 1 saturated heterocycles. The lowest BCUT2D eigenvalue weighted by Crippen LogP contribution is -2.51. The molecule has 54 heavy (non-hydrogen) atoms.